The summed E-state index contributed by atoms with van der Waals surface area (Å²) in [7, 11) is 0. The third-order valence-electron chi connectivity index (χ3n) is 4.01. The molecule has 1 aliphatic heterocycles. The van der Waals surface area contributed by atoms with Crippen LogP contribution in [0.5, 0.6) is 0 Å². The van der Waals surface area contributed by atoms with E-state index < -0.39 is 0 Å². The van der Waals surface area contributed by atoms with E-state index in [2.05, 4.69) is 28.5 Å². The highest BCUT2D eigenvalue weighted by Gasteiger charge is 2.31. The van der Waals surface area contributed by atoms with Crippen molar-refractivity contribution in [3.8, 4) is 0 Å². The smallest absolute Gasteiger partial charge is 0.0705 e. The lowest BCUT2D eigenvalue weighted by molar-refractivity contribution is 0.0458. The number of para-hydroxylation sites is 1. The Labute approximate surface area is 124 Å². The minimum atomic E-state index is -0.00681. The van der Waals surface area contributed by atoms with Crippen molar-refractivity contribution in [3.63, 3.8) is 0 Å². The first-order chi connectivity index (χ1) is 9.81. The third kappa shape index (κ3) is 2.95. The number of halogens is 1. The Hall–Kier alpha value is -1.16. The van der Waals surface area contributed by atoms with Crippen molar-refractivity contribution in [1.29, 1.82) is 0 Å². The lowest BCUT2D eigenvalue weighted by Crippen LogP contribution is -2.50. The average molecular weight is 291 g/mol. The van der Waals surface area contributed by atoms with Gasteiger partial charge in [0.15, 0.2) is 0 Å². The molecule has 2 aromatic rings. The van der Waals surface area contributed by atoms with Crippen molar-refractivity contribution in [2.24, 2.45) is 0 Å². The van der Waals surface area contributed by atoms with Crippen LogP contribution in [0.4, 0.5) is 0 Å². The summed E-state index contributed by atoms with van der Waals surface area (Å²) in [6.07, 6.45) is 1.92. The van der Waals surface area contributed by atoms with Crippen molar-refractivity contribution >= 4 is 22.5 Å². The van der Waals surface area contributed by atoms with Gasteiger partial charge in [0.25, 0.3) is 0 Å². The van der Waals surface area contributed by atoms with E-state index in [1.807, 2.05) is 18.2 Å². The third-order valence-corrected chi connectivity index (χ3v) is 4.52. The van der Waals surface area contributed by atoms with Crippen LogP contribution in [0.3, 0.4) is 0 Å². The number of hydrogen-bond donors (Lipinski definition) is 1. The Morgan fingerprint density at radius 3 is 2.75 bits per heavy atom. The summed E-state index contributed by atoms with van der Waals surface area (Å²) in [5, 5.41) is 4.77. The molecule has 0 saturated carbocycles. The zero-order chi connectivity index (χ0) is 13.8. The minimum Gasteiger partial charge on any atom is -0.381 e. The van der Waals surface area contributed by atoms with Gasteiger partial charge in [-0.25, -0.2) is 0 Å². The molecule has 0 atom stereocenters. The lowest BCUT2D eigenvalue weighted by atomic mass is 9.92. The number of alkyl halides is 1. The molecule has 0 bridgehead atoms. The Balaban J connectivity index is 1.72. The Morgan fingerprint density at radius 1 is 1.15 bits per heavy atom. The molecule has 3 rings (SSSR count). The zero-order valence-electron chi connectivity index (χ0n) is 11.4. The van der Waals surface area contributed by atoms with Gasteiger partial charge in [0.1, 0.15) is 0 Å². The molecule has 1 aromatic carbocycles. The maximum Gasteiger partial charge on any atom is 0.0705 e. The van der Waals surface area contributed by atoms with Crippen molar-refractivity contribution in [2.75, 3.05) is 19.1 Å². The van der Waals surface area contributed by atoms with Gasteiger partial charge < -0.3 is 10.1 Å². The van der Waals surface area contributed by atoms with Crippen molar-refractivity contribution in [1.82, 2.24) is 10.3 Å². The molecule has 106 valence electrons. The summed E-state index contributed by atoms with van der Waals surface area (Å²) in [5.41, 5.74) is 2.09. The summed E-state index contributed by atoms with van der Waals surface area (Å²) in [6.45, 7) is 2.31. The minimum absolute atomic E-state index is 0.00681. The van der Waals surface area contributed by atoms with E-state index in [0.29, 0.717) is 5.88 Å². The predicted octanol–water partition coefficient (Wildman–Crippen LogP) is 3.11. The van der Waals surface area contributed by atoms with Gasteiger partial charge in [-0.3, -0.25) is 4.98 Å². The summed E-state index contributed by atoms with van der Waals surface area (Å²) >= 11 is 6.16. The molecule has 1 N–H and O–H groups in total. The lowest BCUT2D eigenvalue weighted by Gasteiger charge is -2.36. The Morgan fingerprint density at radius 2 is 1.95 bits per heavy atom. The van der Waals surface area contributed by atoms with Crippen LogP contribution in [-0.4, -0.2) is 29.6 Å². The molecule has 0 radical (unpaired) electrons. The van der Waals surface area contributed by atoms with Gasteiger partial charge >= 0.3 is 0 Å². The van der Waals surface area contributed by atoms with Gasteiger partial charge in [0.05, 0.1) is 11.2 Å². The van der Waals surface area contributed by atoms with E-state index in [1.54, 1.807) is 0 Å². The maximum atomic E-state index is 6.16. The number of fused-ring (bicyclic) bond motifs is 1. The topological polar surface area (TPSA) is 34.2 Å². The standard InChI is InChI=1S/C16H19ClN2O/c17-12-16(7-9-20-10-8-16)18-11-14-6-5-13-3-1-2-4-15(13)19-14/h1-6,18H,7-12H2. The zero-order valence-corrected chi connectivity index (χ0v) is 12.2. The monoisotopic (exact) mass is 290 g/mol. The van der Waals surface area contributed by atoms with Crippen LogP contribution in [0.25, 0.3) is 10.9 Å². The van der Waals surface area contributed by atoms with Crippen molar-refractivity contribution < 1.29 is 4.74 Å². The Bertz CT molecular complexity index is 581. The Kier molecular flexibility index (Phi) is 4.20. The first-order valence-electron chi connectivity index (χ1n) is 7.05. The first kappa shape index (κ1) is 13.8. The molecule has 1 saturated heterocycles. The number of ether oxygens (including phenoxy) is 1. The molecule has 1 aliphatic rings. The van der Waals surface area contributed by atoms with Crippen LogP contribution in [0.15, 0.2) is 36.4 Å². The highest BCUT2D eigenvalue weighted by molar-refractivity contribution is 6.18. The quantitative estimate of drug-likeness (QED) is 0.879. The second-order valence-corrected chi connectivity index (χ2v) is 5.64. The van der Waals surface area contributed by atoms with E-state index in [9.17, 15) is 0 Å². The number of nitrogens with zero attached hydrogens (tertiary/aromatic N) is 1. The summed E-state index contributed by atoms with van der Waals surface area (Å²) < 4.78 is 5.42. The predicted molar refractivity (Wildman–Crippen MR) is 82.1 cm³/mol. The molecule has 0 amide bonds. The van der Waals surface area contributed by atoms with E-state index in [4.69, 9.17) is 16.3 Å². The number of pyridine rings is 1. The largest absolute Gasteiger partial charge is 0.381 e. The summed E-state index contributed by atoms with van der Waals surface area (Å²) in [4.78, 5) is 4.69. The van der Waals surface area contributed by atoms with Crippen molar-refractivity contribution in [2.45, 2.75) is 24.9 Å². The van der Waals surface area contributed by atoms with Crippen LogP contribution in [0.2, 0.25) is 0 Å². The normalized spacial score (nSPS) is 18.2. The fourth-order valence-electron chi connectivity index (χ4n) is 2.60. The van der Waals surface area contributed by atoms with Gasteiger partial charge in [-0.2, -0.15) is 0 Å². The molecule has 0 aliphatic carbocycles. The molecule has 0 unspecified atom stereocenters. The van der Waals surface area contributed by atoms with Gasteiger partial charge in [-0.1, -0.05) is 24.3 Å². The van der Waals surface area contributed by atoms with E-state index >= 15 is 0 Å². The summed E-state index contributed by atoms with van der Waals surface area (Å²) in [6, 6.07) is 12.4. The summed E-state index contributed by atoms with van der Waals surface area (Å²) in [5.74, 6) is 0.615. The van der Waals surface area contributed by atoms with Gasteiger partial charge in [-0.05, 0) is 25.0 Å². The highest BCUT2D eigenvalue weighted by atomic mass is 35.5. The van der Waals surface area contributed by atoms with Crippen LogP contribution < -0.4 is 5.32 Å². The molecular weight excluding hydrogens is 272 g/mol. The first-order valence-corrected chi connectivity index (χ1v) is 7.58. The van der Waals surface area contributed by atoms with Gasteiger partial charge in [-0.15, -0.1) is 11.6 Å². The maximum absolute atomic E-state index is 6.16. The average Bonchev–Trinajstić information content (AvgIpc) is 2.54. The molecule has 2 heterocycles. The molecule has 0 spiro atoms. The molecule has 4 heteroatoms. The van der Waals surface area contributed by atoms with Crippen LogP contribution >= 0.6 is 11.6 Å². The van der Waals surface area contributed by atoms with Crippen LogP contribution in [0, 0.1) is 0 Å². The van der Waals surface area contributed by atoms with Crippen molar-refractivity contribution in [3.05, 3.63) is 42.1 Å². The van der Waals surface area contributed by atoms with Gasteiger partial charge in [0.2, 0.25) is 0 Å². The van der Waals surface area contributed by atoms with E-state index in [1.165, 1.54) is 5.39 Å². The number of aromatic nitrogens is 1. The number of hydrogen-bond acceptors (Lipinski definition) is 3. The fraction of sp³-hybridized carbons (Fsp3) is 0.438. The van der Waals surface area contributed by atoms with Gasteiger partial charge in [0, 0.05) is 36.6 Å². The second kappa shape index (κ2) is 6.08. The van der Waals surface area contributed by atoms with E-state index in [-0.39, 0.29) is 5.54 Å². The SMILES string of the molecule is ClCC1(NCc2ccc3ccccc3n2)CCOCC1. The molecule has 1 aromatic heterocycles. The van der Waals surface area contributed by atoms with E-state index in [0.717, 1.165) is 43.8 Å². The van der Waals surface area contributed by atoms with Crippen LogP contribution in [-0.2, 0) is 11.3 Å². The molecule has 1 fully saturated rings. The highest BCUT2D eigenvalue weighted by Crippen LogP contribution is 2.23. The number of benzene rings is 1. The van der Waals surface area contributed by atoms with Crippen LogP contribution in [0.1, 0.15) is 18.5 Å². The number of rotatable bonds is 4. The second-order valence-electron chi connectivity index (χ2n) is 5.38. The number of nitrogens with one attached hydrogen (secondary N) is 1. The molecule has 20 heavy (non-hydrogen) atoms. The fourth-order valence-corrected chi connectivity index (χ4v) is 2.97. The molecule has 3 nitrogen and oxygen atoms in total. The molecular formula is C16H19ClN2O.